The predicted octanol–water partition coefficient (Wildman–Crippen LogP) is 1.58. The quantitative estimate of drug-likeness (QED) is 0.556. The number of carbonyl (C=O) groups excluding carboxylic acids is 1. The van der Waals surface area contributed by atoms with Crippen LogP contribution in [0.2, 0.25) is 0 Å². The van der Waals surface area contributed by atoms with Crippen molar-refractivity contribution >= 4 is 11.7 Å². The monoisotopic (exact) mass is 218 g/mol. The van der Waals surface area contributed by atoms with E-state index in [4.69, 9.17) is 10.00 Å². The van der Waals surface area contributed by atoms with Crippen molar-refractivity contribution in [2.24, 2.45) is 0 Å². The zero-order chi connectivity index (χ0) is 11.8. The van der Waals surface area contributed by atoms with Gasteiger partial charge in [0.05, 0.1) is 12.6 Å². The number of ether oxygens (including phenoxy) is 1. The fourth-order valence-corrected chi connectivity index (χ4v) is 1.32. The first-order valence-corrected chi connectivity index (χ1v) is 5.04. The van der Waals surface area contributed by atoms with Gasteiger partial charge in [-0.15, -0.1) is 0 Å². The number of anilines is 1. The lowest BCUT2D eigenvalue weighted by Gasteiger charge is -2.21. The zero-order valence-electron chi connectivity index (χ0n) is 9.22. The summed E-state index contributed by atoms with van der Waals surface area (Å²) < 4.78 is 4.85. The Kier molecular flexibility index (Phi) is 4.87. The second-order valence-electron chi connectivity index (χ2n) is 3.26. The molecule has 0 radical (unpaired) electrons. The number of carbonyl (C=O) groups is 1. The maximum atomic E-state index is 10.6. The molecule has 0 unspecified atom stereocenters. The van der Waals surface area contributed by atoms with Crippen molar-refractivity contribution in [3.8, 4) is 6.07 Å². The summed E-state index contributed by atoms with van der Waals surface area (Å²) in [4.78, 5) is 12.5. The fourth-order valence-electron chi connectivity index (χ4n) is 1.32. The van der Waals surface area contributed by atoms with Gasteiger partial charge in [0.25, 0.3) is 0 Å². The van der Waals surface area contributed by atoms with E-state index >= 15 is 0 Å². The van der Waals surface area contributed by atoms with Gasteiger partial charge in [-0.3, -0.25) is 4.79 Å². The number of hydrogen-bond donors (Lipinski definition) is 0. The van der Waals surface area contributed by atoms with Crippen LogP contribution in [-0.2, 0) is 9.53 Å². The lowest BCUT2D eigenvalue weighted by molar-refractivity contribution is -0.140. The Balaban J connectivity index is 2.55. The van der Waals surface area contributed by atoms with Crippen molar-refractivity contribution < 1.29 is 9.53 Å². The average Bonchev–Trinajstić information content (AvgIpc) is 2.29. The zero-order valence-corrected chi connectivity index (χ0v) is 9.22. The second-order valence-corrected chi connectivity index (χ2v) is 3.26. The highest BCUT2D eigenvalue weighted by atomic mass is 16.5. The van der Waals surface area contributed by atoms with Gasteiger partial charge >= 0.3 is 5.97 Å². The number of esters is 1. The van der Waals surface area contributed by atoms with Crippen LogP contribution >= 0.6 is 0 Å². The third-order valence-corrected chi connectivity index (χ3v) is 2.05. The number of benzene rings is 1. The van der Waals surface area contributed by atoms with E-state index in [1.807, 2.05) is 35.2 Å². The molecule has 1 rings (SSSR count). The molecule has 0 atom stereocenters. The minimum absolute atomic E-state index is 0.283. The Hall–Kier alpha value is -2.02. The second kappa shape index (κ2) is 6.46. The van der Waals surface area contributed by atoms with Crippen molar-refractivity contribution in [3.05, 3.63) is 30.3 Å². The van der Waals surface area contributed by atoms with Crippen LogP contribution in [0.5, 0.6) is 0 Å². The maximum Gasteiger partial charge on any atom is 0.302 e. The average molecular weight is 218 g/mol. The van der Waals surface area contributed by atoms with E-state index in [2.05, 4.69) is 6.07 Å². The lowest BCUT2D eigenvalue weighted by Crippen LogP contribution is -2.28. The minimum atomic E-state index is -0.301. The van der Waals surface area contributed by atoms with Gasteiger partial charge in [0.15, 0.2) is 0 Å². The molecular formula is C12H14N2O2. The number of nitriles is 1. The third-order valence-electron chi connectivity index (χ3n) is 2.05. The molecule has 1 aromatic carbocycles. The SMILES string of the molecule is CC(=O)OCCN(CC#N)c1ccccc1. The summed E-state index contributed by atoms with van der Waals surface area (Å²) in [5, 5.41) is 8.71. The first-order valence-electron chi connectivity index (χ1n) is 5.04. The van der Waals surface area contributed by atoms with Crippen molar-refractivity contribution in [2.45, 2.75) is 6.92 Å². The Morgan fingerprint density at radius 3 is 2.69 bits per heavy atom. The highest BCUT2D eigenvalue weighted by Crippen LogP contribution is 2.11. The van der Waals surface area contributed by atoms with Crippen LogP contribution in [0.3, 0.4) is 0 Å². The third kappa shape index (κ3) is 4.01. The van der Waals surface area contributed by atoms with E-state index in [0.29, 0.717) is 13.2 Å². The van der Waals surface area contributed by atoms with Gasteiger partial charge in [-0.05, 0) is 12.1 Å². The van der Waals surface area contributed by atoms with Gasteiger partial charge in [0.1, 0.15) is 13.2 Å². The van der Waals surface area contributed by atoms with E-state index in [9.17, 15) is 4.79 Å². The van der Waals surface area contributed by atoms with Crippen molar-refractivity contribution in [1.82, 2.24) is 0 Å². The molecule has 0 aliphatic carbocycles. The van der Waals surface area contributed by atoms with Crippen LogP contribution in [0.1, 0.15) is 6.92 Å². The Bertz CT molecular complexity index is 370. The normalized spacial score (nSPS) is 9.25. The first-order chi connectivity index (χ1) is 7.74. The fraction of sp³-hybridized carbons (Fsp3) is 0.333. The van der Waals surface area contributed by atoms with Gasteiger partial charge in [0, 0.05) is 12.6 Å². The molecule has 0 amide bonds. The Morgan fingerprint density at radius 2 is 2.12 bits per heavy atom. The largest absolute Gasteiger partial charge is 0.464 e. The summed E-state index contributed by atoms with van der Waals surface area (Å²) in [5.74, 6) is -0.301. The summed E-state index contributed by atoms with van der Waals surface area (Å²) >= 11 is 0. The molecule has 0 saturated heterocycles. The molecule has 0 fully saturated rings. The molecule has 0 aromatic heterocycles. The predicted molar refractivity (Wildman–Crippen MR) is 60.9 cm³/mol. The van der Waals surface area contributed by atoms with Gasteiger partial charge in [-0.25, -0.2) is 0 Å². The van der Waals surface area contributed by atoms with Crippen molar-refractivity contribution in [2.75, 3.05) is 24.6 Å². The van der Waals surface area contributed by atoms with Crippen LogP contribution in [0, 0.1) is 11.3 Å². The number of para-hydroxylation sites is 1. The minimum Gasteiger partial charge on any atom is -0.464 e. The molecular weight excluding hydrogens is 204 g/mol. The first kappa shape index (κ1) is 12.1. The molecule has 4 nitrogen and oxygen atoms in total. The van der Waals surface area contributed by atoms with Crippen LogP contribution in [0.4, 0.5) is 5.69 Å². The molecule has 0 heterocycles. The van der Waals surface area contributed by atoms with E-state index in [-0.39, 0.29) is 12.5 Å². The molecule has 84 valence electrons. The van der Waals surface area contributed by atoms with Crippen LogP contribution in [0.25, 0.3) is 0 Å². The van der Waals surface area contributed by atoms with E-state index in [0.717, 1.165) is 5.69 Å². The van der Waals surface area contributed by atoms with Crippen molar-refractivity contribution in [1.29, 1.82) is 5.26 Å². The number of hydrogen-bond acceptors (Lipinski definition) is 4. The van der Waals surface area contributed by atoms with Crippen LogP contribution in [0.15, 0.2) is 30.3 Å². The molecule has 1 aromatic rings. The van der Waals surface area contributed by atoms with E-state index in [1.54, 1.807) is 0 Å². The van der Waals surface area contributed by atoms with Gasteiger partial charge in [0.2, 0.25) is 0 Å². The summed E-state index contributed by atoms with van der Waals surface area (Å²) in [6.07, 6.45) is 0. The molecule has 0 spiro atoms. The standard InChI is InChI=1S/C12H14N2O2/c1-11(15)16-10-9-14(8-7-13)12-5-3-2-4-6-12/h2-6H,8-10H2,1H3. The Labute approximate surface area is 95.0 Å². The molecule has 0 saturated carbocycles. The summed E-state index contributed by atoms with van der Waals surface area (Å²) in [6, 6.07) is 11.7. The van der Waals surface area contributed by atoms with E-state index in [1.165, 1.54) is 6.92 Å². The molecule has 4 heteroatoms. The molecule has 0 aliphatic rings. The summed E-state index contributed by atoms with van der Waals surface area (Å²) in [5.41, 5.74) is 0.955. The number of rotatable bonds is 5. The van der Waals surface area contributed by atoms with Crippen molar-refractivity contribution in [3.63, 3.8) is 0 Å². The Morgan fingerprint density at radius 1 is 1.44 bits per heavy atom. The molecule has 0 aliphatic heterocycles. The topological polar surface area (TPSA) is 53.3 Å². The highest BCUT2D eigenvalue weighted by molar-refractivity contribution is 5.65. The van der Waals surface area contributed by atoms with Gasteiger partial charge < -0.3 is 9.64 Å². The summed E-state index contributed by atoms with van der Waals surface area (Å²) in [7, 11) is 0. The van der Waals surface area contributed by atoms with Gasteiger partial charge in [-0.2, -0.15) is 5.26 Å². The van der Waals surface area contributed by atoms with Gasteiger partial charge in [-0.1, -0.05) is 18.2 Å². The maximum absolute atomic E-state index is 10.6. The molecule has 0 N–H and O–H groups in total. The van der Waals surface area contributed by atoms with Crippen LogP contribution < -0.4 is 4.90 Å². The van der Waals surface area contributed by atoms with E-state index < -0.39 is 0 Å². The number of nitrogens with zero attached hydrogens (tertiary/aromatic N) is 2. The van der Waals surface area contributed by atoms with Crippen LogP contribution in [-0.4, -0.2) is 25.7 Å². The smallest absolute Gasteiger partial charge is 0.302 e. The molecule has 16 heavy (non-hydrogen) atoms. The lowest BCUT2D eigenvalue weighted by atomic mass is 10.3. The highest BCUT2D eigenvalue weighted by Gasteiger charge is 2.05. The molecule has 0 bridgehead atoms. The summed E-state index contributed by atoms with van der Waals surface area (Å²) in [6.45, 7) is 2.48.